The minimum atomic E-state index is -3.67. The Morgan fingerprint density at radius 1 is 1.11 bits per heavy atom. The number of ether oxygens (including phenoxy) is 1. The van der Waals surface area contributed by atoms with Gasteiger partial charge in [0.25, 0.3) is 0 Å². The molecule has 0 spiro atoms. The van der Waals surface area contributed by atoms with Crippen molar-refractivity contribution in [1.82, 2.24) is 35.2 Å². The Morgan fingerprint density at radius 2 is 1.89 bits per heavy atom. The average molecular weight is 708 g/mol. The molecule has 47 heavy (non-hydrogen) atoms. The number of aromatic nitrogens is 3. The predicted molar refractivity (Wildman–Crippen MR) is 182 cm³/mol. The lowest BCUT2D eigenvalue weighted by atomic mass is 10.0. The molecule has 2 aliphatic rings. The van der Waals surface area contributed by atoms with Crippen LogP contribution in [-0.2, 0) is 29.5 Å². The van der Waals surface area contributed by atoms with Crippen LogP contribution in [0.1, 0.15) is 68.4 Å². The number of urea groups is 1. The number of benzene rings is 2. The molecule has 5 N–H and O–H groups in total. The molecule has 2 aromatic carbocycles. The number of sulfonamides is 1. The monoisotopic (exact) mass is 706 g/mol. The maximum Gasteiger partial charge on any atom is 0.315 e. The van der Waals surface area contributed by atoms with E-state index in [-0.39, 0.29) is 29.1 Å². The number of carbonyl (C=O) groups is 1. The number of rotatable bonds is 15. The smallest absolute Gasteiger partial charge is 0.315 e. The van der Waals surface area contributed by atoms with Gasteiger partial charge in [-0.15, -0.1) is 5.10 Å². The third kappa shape index (κ3) is 9.58. The number of nitrogens with two attached hydrogens (primary N) is 1. The zero-order valence-electron chi connectivity index (χ0n) is 26.6. The van der Waals surface area contributed by atoms with E-state index in [0.29, 0.717) is 54.1 Å². The topological polar surface area (TPSA) is 156 Å². The van der Waals surface area contributed by atoms with Crippen molar-refractivity contribution in [2.24, 2.45) is 5.73 Å². The highest BCUT2D eigenvalue weighted by atomic mass is 35.5. The second-order valence-corrected chi connectivity index (χ2v) is 14.7. The minimum Gasteiger partial charge on any atom is -0.484 e. The number of likely N-dealkylation sites (tertiary alicyclic amines) is 1. The number of nitrogens with one attached hydrogen (secondary N) is 3. The van der Waals surface area contributed by atoms with Crippen LogP contribution >= 0.6 is 23.2 Å². The molecule has 256 valence electrons. The van der Waals surface area contributed by atoms with Crippen LogP contribution < -0.4 is 25.8 Å². The second kappa shape index (κ2) is 16.4. The van der Waals surface area contributed by atoms with E-state index in [9.17, 15) is 13.2 Å². The van der Waals surface area contributed by atoms with Gasteiger partial charge in [0.05, 0.1) is 23.7 Å². The van der Waals surface area contributed by atoms with Crippen LogP contribution in [0.5, 0.6) is 5.75 Å². The molecule has 1 aliphatic heterocycles. The van der Waals surface area contributed by atoms with Crippen molar-refractivity contribution in [3.63, 3.8) is 0 Å². The summed E-state index contributed by atoms with van der Waals surface area (Å²) in [6.07, 6.45) is 7.67. The van der Waals surface area contributed by atoms with Crippen molar-refractivity contribution in [3.05, 3.63) is 69.5 Å². The molecule has 12 nitrogen and oxygen atoms in total. The summed E-state index contributed by atoms with van der Waals surface area (Å²) in [6, 6.07) is 10.2. The molecule has 5 rings (SSSR count). The molecule has 1 aromatic heterocycles. The fraction of sp³-hybridized carbons (Fsp3) is 0.531. The van der Waals surface area contributed by atoms with Gasteiger partial charge in [-0.05, 0) is 87.5 Å². The van der Waals surface area contributed by atoms with Gasteiger partial charge in [0.1, 0.15) is 17.5 Å². The van der Waals surface area contributed by atoms with E-state index in [4.69, 9.17) is 33.7 Å². The number of unbranched alkanes of at least 4 members (excludes halogenated alkanes) is 3. The first-order valence-corrected chi connectivity index (χ1v) is 18.5. The van der Waals surface area contributed by atoms with Crippen LogP contribution in [0.25, 0.3) is 0 Å². The standard InChI is InChI=1S/C32H44Cl2N8O4S/c1-2-36-32(43)37-19-24-21-42(40-39-24)15-6-4-3-5-13-38-47(44,45)26-11-9-25(10-12-26)46-31-28-16-22(33)17-29(34)27(28)18-30(31)41-14-7-8-23(35)20-41/h9-12,16-17,21,23,30-31,38H,2-8,13-15,18-20,35H2,1H3,(H2,36,37,43)/t23-,30+,31+/m1/s1. The Morgan fingerprint density at radius 3 is 2.66 bits per heavy atom. The number of piperidine rings is 1. The normalized spacial score (nSPS) is 19.8. The van der Waals surface area contributed by atoms with Crippen molar-refractivity contribution in [2.45, 2.75) is 88.0 Å². The molecule has 0 unspecified atom stereocenters. The number of halogens is 2. The molecule has 2 heterocycles. The largest absolute Gasteiger partial charge is 0.484 e. The summed E-state index contributed by atoms with van der Waals surface area (Å²) >= 11 is 13.0. The summed E-state index contributed by atoms with van der Waals surface area (Å²) in [5, 5.41) is 14.7. The lowest BCUT2D eigenvalue weighted by molar-refractivity contribution is 0.0593. The molecule has 0 saturated carbocycles. The van der Waals surface area contributed by atoms with E-state index in [2.05, 4.69) is 30.6 Å². The number of amides is 2. The fourth-order valence-electron chi connectivity index (χ4n) is 6.23. The van der Waals surface area contributed by atoms with Crippen LogP contribution in [0.2, 0.25) is 10.0 Å². The Balaban J connectivity index is 1.08. The Labute approximate surface area is 286 Å². The van der Waals surface area contributed by atoms with E-state index in [1.807, 2.05) is 19.2 Å². The van der Waals surface area contributed by atoms with Crippen molar-refractivity contribution >= 4 is 39.3 Å². The molecule has 0 bridgehead atoms. The number of hydrogen-bond donors (Lipinski definition) is 4. The molecular weight excluding hydrogens is 663 g/mol. The zero-order valence-corrected chi connectivity index (χ0v) is 29.0. The molecular formula is C32H44Cl2N8O4S. The van der Waals surface area contributed by atoms with Gasteiger partial charge in [-0.2, -0.15) is 0 Å². The van der Waals surface area contributed by atoms with Gasteiger partial charge < -0.3 is 21.1 Å². The van der Waals surface area contributed by atoms with Gasteiger partial charge in [0.2, 0.25) is 10.0 Å². The van der Waals surface area contributed by atoms with E-state index >= 15 is 0 Å². The maximum atomic E-state index is 13.0. The Bertz CT molecular complexity index is 1600. The van der Waals surface area contributed by atoms with Gasteiger partial charge in [-0.25, -0.2) is 17.9 Å². The van der Waals surface area contributed by atoms with Crippen LogP contribution in [0.15, 0.2) is 47.5 Å². The number of hydrogen-bond acceptors (Lipinski definition) is 8. The maximum absolute atomic E-state index is 13.0. The highest BCUT2D eigenvalue weighted by Gasteiger charge is 2.40. The van der Waals surface area contributed by atoms with Crippen molar-refractivity contribution in [2.75, 3.05) is 26.2 Å². The summed E-state index contributed by atoms with van der Waals surface area (Å²) < 4.78 is 36.9. The van der Waals surface area contributed by atoms with Crippen LogP contribution in [0, 0.1) is 0 Å². The third-order valence-corrected chi connectivity index (χ3v) is 10.6. The molecule has 1 aliphatic carbocycles. The van der Waals surface area contributed by atoms with Gasteiger partial charge in [-0.3, -0.25) is 9.58 Å². The van der Waals surface area contributed by atoms with Gasteiger partial charge in [0, 0.05) is 47.8 Å². The molecule has 0 radical (unpaired) electrons. The van der Waals surface area contributed by atoms with Crippen molar-refractivity contribution in [1.29, 1.82) is 0 Å². The first-order valence-electron chi connectivity index (χ1n) is 16.3. The summed E-state index contributed by atoms with van der Waals surface area (Å²) in [7, 11) is -3.67. The number of fused-ring (bicyclic) bond motifs is 1. The SMILES string of the molecule is CCNC(=O)NCc1cn(CCCCCCNS(=O)(=O)c2ccc(O[C@H]3c4cc(Cl)cc(Cl)c4C[C@@H]3N3CCC[C@@H](N)C3)cc2)nn1. The quantitative estimate of drug-likeness (QED) is 0.169. The Kier molecular flexibility index (Phi) is 12.4. The minimum absolute atomic E-state index is 0.0495. The summed E-state index contributed by atoms with van der Waals surface area (Å²) in [6.45, 7) is 5.50. The lowest BCUT2D eigenvalue weighted by Crippen LogP contribution is -2.49. The Hall–Kier alpha value is -2.94. The third-order valence-electron chi connectivity index (χ3n) is 8.58. The highest BCUT2D eigenvalue weighted by molar-refractivity contribution is 7.89. The van der Waals surface area contributed by atoms with Gasteiger partial charge >= 0.3 is 6.03 Å². The van der Waals surface area contributed by atoms with Crippen molar-refractivity contribution in [3.8, 4) is 5.75 Å². The first kappa shape index (κ1) is 35.4. The number of nitrogens with zero attached hydrogens (tertiary/aromatic N) is 4. The van der Waals surface area contributed by atoms with E-state index < -0.39 is 10.0 Å². The van der Waals surface area contributed by atoms with E-state index in [0.717, 1.165) is 62.7 Å². The van der Waals surface area contributed by atoms with Crippen molar-refractivity contribution < 1.29 is 17.9 Å². The van der Waals surface area contributed by atoms with Crippen LogP contribution in [-0.4, -0.2) is 72.6 Å². The molecule has 3 atom stereocenters. The first-order chi connectivity index (χ1) is 22.6. The lowest BCUT2D eigenvalue weighted by Gasteiger charge is -2.38. The van der Waals surface area contributed by atoms with E-state index in [1.165, 1.54) is 0 Å². The van der Waals surface area contributed by atoms with Gasteiger partial charge in [-0.1, -0.05) is 41.3 Å². The predicted octanol–water partition coefficient (Wildman–Crippen LogP) is 4.41. The second-order valence-electron chi connectivity index (χ2n) is 12.1. The molecule has 1 saturated heterocycles. The van der Waals surface area contributed by atoms with E-state index in [1.54, 1.807) is 35.0 Å². The average Bonchev–Trinajstić information content (AvgIpc) is 3.65. The molecule has 3 aromatic rings. The highest BCUT2D eigenvalue weighted by Crippen LogP contribution is 2.43. The zero-order chi connectivity index (χ0) is 33.4. The number of aryl methyl sites for hydroxylation is 1. The van der Waals surface area contributed by atoms with Crippen LogP contribution in [0.3, 0.4) is 0 Å². The van der Waals surface area contributed by atoms with Gasteiger partial charge in [0.15, 0.2) is 0 Å². The summed E-state index contributed by atoms with van der Waals surface area (Å²) in [4.78, 5) is 14.1. The number of carbonyl (C=O) groups excluding carboxylic acids is 1. The molecule has 1 fully saturated rings. The summed E-state index contributed by atoms with van der Waals surface area (Å²) in [5.74, 6) is 0.571. The summed E-state index contributed by atoms with van der Waals surface area (Å²) in [5.41, 5.74) is 8.99. The molecule has 2 amide bonds. The van der Waals surface area contributed by atoms with Crippen LogP contribution in [0.4, 0.5) is 4.79 Å². The molecule has 15 heteroatoms. The fourth-order valence-corrected chi connectivity index (χ4v) is 7.89.